The Hall–Kier alpha value is -0.540. The molecule has 0 aliphatic carbocycles. The lowest BCUT2D eigenvalue weighted by Crippen LogP contribution is -2.14. The minimum Gasteiger partial charge on any atom is -0.320 e. The van der Waals surface area contributed by atoms with Gasteiger partial charge in [0.1, 0.15) is 0 Å². The van der Waals surface area contributed by atoms with Crippen LogP contribution >= 0.6 is 34.5 Å². The average Bonchev–Trinajstić information content (AvgIpc) is 2.57. The van der Waals surface area contributed by atoms with Crippen molar-refractivity contribution in [2.75, 3.05) is 0 Å². The molecule has 2 N–H and O–H groups in total. The van der Waals surface area contributed by atoms with Crippen molar-refractivity contribution in [2.45, 2.75) is 19.9 Å². The van der Waals surface area contributed by atoms with Crippen LogP contribution in [0.15, 0.2) is 24.3 Å². The molecular formula is C13H13Cl2NS. The Morgan fingerprint density at radius 2 is 1.76 bits per heavy atom. The molecule has 0 radical (unpaired) electrons. The summed E-state index contributed by atoms with van der Waals surface area (Å²) in [6.45, 7) is 4.12. The van der Waals surface area contributed by atoms with Gasteiger partial charge in [-0.2, -0.15) is 0 Å². The second kappa shape index (κ2) is 4.99. The zero-order chi connectivity index (χ0) is 12.6. The molecule has 0 spiro atoms. The summed E-state index contributed by atoms with van der Waals surface area (Å²) in [5.41, 5.74) is 10.7. The van der Waals surface area contributed by atoms with Crippen LogP contribution in [0.3, 0.4) is 0 Å². The first-order chi connectivity index (χ1) is 8.00. The molecule has 1 heterocycles. The molecule has 0 saturated carbocycles. The van der Waals surface area contributed by atoms with Crippen LogP contribution in [0.5, 0.6) is 0 Å². The molecule has 90 valence electrons. The van der Waals surface area contributed by atoms with Gasteiger partial charge >= 0.3 is 0 Å². The predicted molar refractivity (Wildman–Crippen MR) is 76.3 cm³/mol. The Morgan fingerprint density at radius 3 is 2.24 bits per heavy atom. The number of hydrogen-bond donors (Lipinski definition) is 1. The van der Waals surface area contributed by atoms with E-state index < -0.39 is 0 Å². The maximum absolute atomic E-state index is 6.30. The Balaban J connectivity index is 2.51. The number of thiophene rings is 1. The van der Waals surface area contributed by atoms with E-state index in [1.165, 1.54) is 22.5 Å². The standard InChI is InChI=1S/C13H13Cl2NS/c1-7-4-3-5-8(2)11(7)12(16)9-6-10(14)17-13(9)15/h3-6,12H,16H2,1-2H3. The quantitative estimate of drug-likeness (QED) is 0.849. The van der Waals surface area contributed by atoms with Gasteiger partial charge in [0.15, 0.2) is 0 Å². The maximum Gasteiger partial charge on any atom is 0.0995 e. The van der Waals surface area contributed by atoms with Crippen LogP contribution < -0.4 is 5.73 Å². The van der Waals surface area contributed by atoms with E-state index in [0.29, 0.717) is 8.67 Å². The van der Waals surface area contributed by atoms with Crippen LogP contribution in [-0.2, 0) is 0 Å². The molecule has 0 aliphatic heterocycles. The second-order valence-electron chi connectivity index (χ2n) is 4.06. The van der Waals surface area contributed by atoms with Gasteiger partial charge in [0, 0.05) is 5.56 Å². The van der Waals surface area contributed by atoms with Crippen LogP contribution in [0.4, 0.5) is 0 Å². The minimum absolute atomic E-state index is 0.215. The highest BCUT2D eigenvalue weighted by Crippen LogP contribution is 2.37. The van der Waals surface area contributed by atoms with Crippen molar-refractivity contribution in [3.8, 4) is 0 Å². The molecule has 0 aliphatic rings. The van der Waals surface area contributed by atoms with E-state index in [4.69, 9.17) is 28.9 Å². The van der Waals surface area contributed by atoms with Gasteiger partial charge in [0.05, 0.1) is 14.7 Å². The third-order valence-electron chi connectivity index (χ3n) is 2.87. The molecule has 1 unspecified atom stereocenters. The van der Waals surface area contributed by atoms with Crippen molar-refractivity contribution in [3.63, 3.8) is 0 Å². The molecule has 0 fully saturated rings. The number of rotatable bonds is 2. The lowest BCUT2D eigenvalue weighted by molar-refractivity contribution is 0.856. The summed E-state index contributed by atoms with van der Waals surface area (Å²) in [6.07, 6.45) is 0. The van der Waals surface area contributed by atoms with Gasteiger partial charge in [-0.25, -0.2) is 0 Å². The van der Waals surface area contributed by atoms with Gasteiger partial charge in [-0.05, 0) is 36.6 Å². The fraction of sp³-hybridized carbons (Fsp3) is 0.231. The molecule has 0 bridgehead atoms. The van der Waals surface area contributed by atoms with Crippen LogP contribution in [0.1, 0.15) is 28.3 Å². The van der Waals surface area contributed by atoms with Crippen LogP contribution in [0.2, 0.25) is 8.67 Å². The molecule has 0 saturated heterocycles. The number of nitrogens with two attached hydrogens (primary N) is 1. The van der Waals surface area contributed by atoms with Gasteiger partial charge in [0.2, 0.25) is 0 Å². The maximum atomic E-state index is 6.30. The van der Waals surface area contributed by atoms with Gasteiger partial charge in [-0.3, -0.25) is 0 Å². The number of aryl methyl sites for hydroxylation is 2. The van der Waals surface area contributed by atoms with Crippen molar-refractivity contribution in [3.05, 3.63) is 55.2 Å². The van der Waals surface area contributed by atoms with Crippen LogP contribution in [0.25, 0.3) is 0 Å². The van der Waals surface area contributed by atoms with Crippen molar-refractivity contribution >= 4 is 34.5 Å². The smallest absolute Gasteiger partial charge is 0.0995 e. The topological polar surface area (TPSA) is 26.0 Å². The molecular weight excluding hydrogens is 273 g/mol. The molecule has 1 nitrogen and oxygen atoms in total. The van der Waals surface area contributed by atoms with Gasteiger partial charge in [-0.15, -0.1) is 11.3 Å². The van der Waals surface area contributed by atoms with E-state index in [2.05, 4.69) is 26.0 Å². The SMILES string of the molecule is Cc1cccc(C)c1C(N)c1cc(Cl)sc1Cl. The predicted octanol–water partition coefficient (Wildman–Crippen LogP) is 4.72. The lowest BCUT2D eigenvalue weighted by Gasteiger charge is -2.17. The molecule has 0 amide bonds. The molecule has 1 atom stereocenters. The van der Waals surface area contributed by atoms with E-state index in [9.17, 15) is 0 Å². The highest BCUT2D eigenvalue weighted by atomic mass is 35.5. The first-order valence-corrected chi connectivity index (χ1v) is 6.84. The fourth-order valence-electron chi connectivity index (χ4n) is 2.04. The van der Waals surface area contributed by atoms with Gasteiger partial charge in [0.25, 0.3) is 0 Å². The van der Waals surface area contributed by atoms with Gasteiger partial charge in [-0.1, -0.05) is 41.4 Å². The van der Waals surface area contributed by atoms with E-state index in [0.717, 1.165) is 11.1 Å². The fourth-order valence-corrected chi connectivity index (χ4v) is 3.59. The Labute approximate surface area is 115 Å². The minimum atomic E-state index is -0.215. The summed E-state index contributed by atoms with van der Waals surface area (Å²) in [5.74, 6) is 0. The molecule has 2 aromatic rings. The summed E-state index contributed by atoms with van der Waals surface area (Å²) in [7, 11) is 0. The third kappa shape index (κ3) is 2.50. The number of hydrogen-bond acceptors (Lipinski definition) is 2. The van der Waals surface area contributed by atoms with Crippen molar-refractivity contribution < 1.29 is 0 Å². The van der Waals surface area contributed by atoms with Gasteiger partial charge < -0.3 is 5.73 Å². The zero-order valence-electron chi connectivity index (χ0n) is 9.63. The number of benzene rings is 1. The summed E-state index contributed by atoms with van der Waals surface area (Å²) in [6, 6.07) is 7.79. The van der Waals surface area contributed by atoms with Crippen molar-refractivity contribution in [1.82, 2.24) is 0 Å². The largest absolute Gasteiger partial charge is 0.320 e. The molecule has 1 aromatic carbocycles. The lowest BCUT2D eigenvalue weighted by atomic mass is 9.93. The highest BCUT2D eigenvalue weighted by molar-refractivity contribution is 7.20. The summed E-state index contributed by atoms with van der Waals surface area (Å²) in [5, 5.41) is 0. The zero-order valence-corrected chi connectivity index (χ0v) is 12.0. The first-order valence-electron chi connectivity index (χ1n) is 5.27. The van der Waals surface area contributed by atoms with Crippen molar-refractivity contribution in [2.24, 2.45) is 5.73 Å². The van der Waals surface area contributed by atoms with E-state index in [-0.39, 0.29) is 6.04 Å². The highest BCUT2D eigenvalue weighted by Gasteiger charge is 2.18. The molecule has 2 rings (SSSR count). The Morgan fingerprint density at radius 1 is 1.18 bits per heavy atom. The van der Waals surface area contributed by atoms with Crippen LogP contribution in [-0.4, -0.2) is 0 Å². The average molecular weight is 286 g/mol. The number of halogens is 2. The normalized spacial score (nSPS) is 12.8. The second-order valence-corrected chi connectivity index (χ2v) is 6.35. The van der Waals surface area contributed by atoms with E-state index in [1.807, 2.05) is 12.1 Å². The Kier molecular flexibility index (Phi) is 3.79. The molecule has 1 aromatic heterocycles. The van der Waals surface area contributed by atoms with Crippen molar-refractivity contribution in [1.29, 1.82) is 0 Å². The summed E-state index contributed by atoms with van der Waals surface area (Å²) in [4.78, 5) is 0. The third-order valence-corrected chi connectivity index (χ3v) is 4.39. The van der Waals surface area contributed by atoms with E-state index in [1.54, 1.807) is 0 Å². The summed E-state index contributed by atoms with van der Waals surface area (Å²) >= 11 is 13.5. The Bertz CT molecular complexity index is 528. The first kappa shape index (κ1) is 12.9. The van der Waals surface area contributed by atoms with E-state index >= 15 is 0 Å². The summed E-state index contributed by atoms with van der Waals surface area (Å²) < 4.78 is 1.34. The molecule has 4 heteroatoms. The van der Waals surface area contributed by atoms with Crippen LogP contribution in [0, 0.1) is 13.8 Å². The molecule has 17 heavy (non-hydrogen) atoms. The monoisotopic (exact) mass is 285 g/mol.